The lowest BCUT2D eigenvalue weighted by Gasteiger charge is -2.16. The van der Waals surface area contributed by atoms with Crippen molar-refractivity contribution < 1.29 is 18.3 Å². The predicted octanol–water partition coefficient (Wildman–Crippen LogP) is 1.21. The first-order valence-corrected chi connectivity index (χ1v) is 7.68. The molecular weight excluding hydrogens is 242 g/mol. The monoisotopic (exact) mass is 263 g/mol. The van der Waals surface area contributed by atoms with Crippen LogP contribution in [0.5, 0.6) is 0 Å². The fourth-order valence-corrected chi connectivity index (χ4v) is 3.07. The van der Waals surface area contributed by atoms with Crippen molar-refractivity contribution in [3.05, 3.63) is 0 Å². The van der Waals surface area contributed by atoms with Crippen molar-refractivity contribution in [3.63, 3.8) is 0 Å². The molecule has 0 heterocycles. The van der Waals surface area contributed by atoms with Gasteiger partial charge in [-0.1, -0.05) is 26.7 Å². The molecule has 100 valence electrons. The predicted molar refractivity (Wildman–Crippen MR) is 65.1 cm³/mol. The van der Waals surface area contributed by atoms with Crippen LogP contribution >= 0.6 is 0 Å². The van der Waals surface area contributed by atoms with Crippen LogP contribution in [0.4, 0.5) is 0 Å². The molecule has 0 saturated heterocycles. The number of nitrogens with one attached hydrogen (secondary N) is 1. The second kappa shape index (κ2) is 5.82. The number of hydrogen-bond donors (Lipinski definition) is 2. The Balaban J connectivity index is 2.48. The molecule has 0 aromatic carbocycles. The van der Waals surface area contributed by atoms with Crippen molar-refractivity contribution in [2.45, 2.75) is 45.6 Å². The summed E-state index contributed by atoms with van der Waals surface area (Å²) in [6.45, 7) is 3.74. The highest BCUT2D eigenvalue weighted by Gasteiger charge is 2.27. The van der Waals surface area contributed by atoms with E-state index in [1.165, 1.54) is 0 Å². The molecule has 0 bridgehead atoms. The Morgan fingerprint density at radius 3 is 2.41 bits per heavy atom. The molecule has 1 rings (SSSR count). The highest BCUT2D eigenvalue weighted by molar-refractivity contribution is 7.89. The molecule has 0 aromatic heterocycles. The zero-order valence-corrected chi connectivity index (χ0v) is 11.2. The maximum atomic E-state index is 11.7. The van der Waals surface area contributed by atoms with Gasteiger partial charge in [0.15, 0.2) is 0 Å². The van der Waals surface area contributed by atoms with Crippen molar-refractivity contribution >= 4 is 16.0 Å². The highest BCUT2D eigenvalue weighted by atomic mass is 32.2. The van der Waals surface area contributed by atoms with Gasteiger partial charge in [0, 0.05) is 0 Å². The van der Waals surface area contributed by atoms with E-state index in [0.29, 0.717) is 18.8 Å². The summed E-state index contributed by atoms with van der Waals surface area (Å²) in [5.74, 6) is -0.393. The first-order valence-electron chi connectivity index (χ1n) is 6.03. The Kier molecular flexibility index (Phi) is 4.94. The molecule has 5 nitrogen and oxygen atoms in total. The zero-order valence-electron chi connectivity index (χ0n) is 10.3. The molecule has 1 fully saturated rings. The lowest BCUT2D eigenvalue weighted by atomic mass is 10.1. The molecule has 1 saturated carbocycles. The van der Waals surface area contributed by atoms with Gasteiger partial charge in [-0.05, 0) is 24.7 Å². The summed E-state index contributed by atoms with van der Waals surface area (Å²) in [7, 11) is -3.46. The molecular formula is C11H21NO4S. The standard InChI is InChI=1S/C11H21NO4S/c1-8(2)7-10(11(13)14)12-17(15,16)6-5-9-3-4-9/h8-10,12H,3-7H2,1-2H3,(H,13,14). The van der Waals surface area contributed by atoms with Crippen molar-refractivity contribution in [2.24, 2.45) is 11.8 Å². The summed E-state index contributed by atoms with van der Waals surface area (Å²) >= 11 is 0. The molecule has 17 heavy (non-hydrogen) atoms. The number of aliphatic carboxylic acids is 1. The van der Waals surface area contributed by atoms with Crippen LogP contribution in [0.25, 0.3) is 0 Å². The fraction of sp³-hybridized carbons (Fsp3) is 0.909. The number of carboxylic acids is 1. The summed E-state index contributed by atoms with van der Waals surface area (Å²) in [6, 6.07) is -1.00. The largest absolute Gasteiger partial charge is 0.480 e. The highest BCUT2D eigenvalue weighted by Crippen LogP contribution is 2.32. The van der Waals surface area contributed by atoms with Crippen LogP contribution in [0.2, 0.25) is 0 Å². The molecule has 0 aromatic rings. The van der Waals surface area contributed by atoms with Crippen LogP contribution in [0.1, 0.15) is 39.5 Å². The minimum atomic E-state index is -3.46. The fourth-order valence-electron chi connectivity index (χ4n) is 1.67. The van der Waals surface area contributed by atoms with E-state index in [2.05, 4.69) is 4.72 Å². The van der Waals surface area contributed by atoms with E-state index in [4.69, 9.17) is 5.11 Å². The topological polar surface area (TPSA) is 83.5 Å². The van der Waals surface area contributed by atoms with Gasteiger partial charge in [-0.3, -0.25) is 4.79 Å². The molecule has 0 aliphatic heterocycles. The van der Waals surface area contributed by atoms with Gasteiger partial charge in [0.25, 0.3) is 0 Å². The Labute approximate surface area is 103 Å². The van der Waals surface area contributed by atoms with Gasteiger partial charge in [-0.25, -0.2) is 13.1 Å². The first-order chi connectivity index (χ1) is 7.80. The van der Waals surface area contributed by atoms with Crippen LogP contribution in [0.15, 0.2) is 0 Å². The van der Waals surface area contributed by atoms with E-state index in [0.717, 1.165) is 12.8 Å². The Morgan fingerprint density at radius 2 is 2.00 bits per heavy atom. The van der Waals surface area contributed by atoms with Crippen molar-refractivity contribution in [3.8, 4) is 0 Å². The van der Waals surface area contributed by atoms with Gasteiger partial charge in [-0.15, -0.1) is 0 Å². The summed E-state index contributed by atoms with van der Waals surface area (Å²) in [6.07, 6.45) is 3.16. The molecule has 6 heteroatoms. The Morgan fingerprint density at radius 1 is 1.41 bits per heavy atom. The minimum absolute atomic E-state index is 0.0412. The van der Waals surface area contributed by atoms with E-state index in [-0.39, 0.29) is 11.7 Å². The number of carboxylic acid groups (broad SMARTS) is 1. The number of hydrogen-bond acceptors (Lipinski definition) is 3. The lowest BCUT2D eigenvalue weighted by molar-refractivity contribution is -0.139. The van der Waals surface area contributed by atoms with Crippen molar-refractivity contribution in [2.75, 3.05) is 5.75 Å². The Bertz CT molecular complexity index is 360. The smallest absolute Gasteiger partial charge is 0.321 e. The Hall–Kier alpha value is -0.620. The van der Waals surface area contributed by atoms with Crippen LogP contribution in [-0.2, 0) is 14.8 Å². The third-order valence-electron chi connectivity index (χ3n) is 2.82. The maximum Gasteiger partial charge on any atom is 0.321 e. The van der Waals surface area contributed by atoms with Crippen LogP contribution < -0.4 is 4.72 Å². The number of carbonyl (C=O) groups is 1. The van der Waals surface area contributed by atoms with Crippen molar-refractivity contribution in [1.29, 1.82) is 0 Å². The van der Waals surface area contributed by atoms with Crippen LogP contribution in [0.3, 0.4) is 0 Å². The van der Waals surface area contributed by atoms with E-state index in [9.17, 15) is 13.2 Å². The number of sulfonamides is 1. The summed E-state index contributed by atoms with van der Waals surface area (Å²) in [5, 5.41) is 8.95. The molecule has 0 spiro atoms. The molecule has 0 radical (unpaired) electrons. The summed E-state index contributed by atoms with van der Waals surface area (Å²) < 4.78 is 25.6. The van der Waals surface area contributed by atoms with Gasteiger partial charge < -0.3 is 5.11 Å². The average molecular weight is 263 g/mol. The van der Waals surface area contributed by atoms with Gasteiger partial charge >= 0.3 is 5.97 Å². The summed E-state index contributed by atoms with van der Waals surface area (Å²) in [5.41, 5.74) is 0. The van der Waals surface area contributed by atoms with Gasteiger partial charge in [0.1, 0.15) is 6.04 Å². The second-order valence-corrected chi connectivity index (χ2v) is 7.06. The van der Waals surface area contributed by atoms with Crippen LogP contribution in [-0.4, -0.2) is 31.3 Å². The minimum Gasteiger partial charge on any atom is -0.480 e. The summed E-state index contributed by atoms with van der Waals surface area (Å²) in [4.78, 5) is 10.9. The van der Waals surface area contributed by atoms with Gasteiger partial charge in [0.2, 0.25) is 10.0 Å². The molecule has 0 amide bonds. The van der Waals surface area contributed by atoms with Crippen molar-refractivity contribution in [1.82, 2.24) is 4.72 Å². The normalized spacial score (nSPS) is 18.3. The first kappa shape index (κ1) is 14.4. The van der Waals surface area contributed by atoms with Crippen LogP contribution in [0, 0.1) is 11.8 Å². The van der Waals surface area contributed by atoms with E-state index in [1.54, 1.807) is 0 Å². The third kappa shape index (κ3) is 6.02. The van der Waals surface area contributed by atoms with E-state index >= 15 is 0 Å². The molecule has 1 atom stereocenters. The van der Waals surface area contributed by atoms with Gasteiger partial charge in [-0.2, -0.15) is 0 Å². The third-order valence-corrected chi connectivity index (χ3v) is 4.24. The number of rotatable bonds is 8. The average Bonchev–Trinajstić information content (AvgIpc) is 2.96. The molecule has 1 aliphatic carbocycles. The molecule has 1 aliphatic rings. The quantitative estimate of drug-likeness (QED) is 0.689. The maximum absolute atomic E-state index is 11.7. The zero-order chi connectivity index (χ0) is 13.1. The van der Waals surface area contributed by atoms with E-state index in [1.807, 2.05) is 13.8 Å². The molecule has 1 unspecified atom stereocenters. The second-order valence-electron chi connectivity index (χ2n) is 5.19. The molecule has 2 N–H and O–H groups in total. The SMILES string of the molecule is CC(C)CC(NS(=O)(=O)CCC1CC1)C(=O)O. The van der Waals surface area contributed by atoms with Gasteiger partial charge in [0.05, 0.1) is 5.75 Å². The lowest BCUT2D eigenvalue weighted by Crippen LogP contribution is -2.42. The van der Waals surface area contributed by atoms with E-state index < -0.39 is 22.0 Å².